The van der Waals surface area contributed by atoms with Crippen molar-refractivity contribution in [1.82, 2.24) is 10.2 Å². The van der Waals surface area contributed by atoms with E-state index in [1.54, 1.807) is 6.07 Å². The molecule has 5 aliphatic heterocycles. The third-order valence-corrected chi connectivity index (χ3v) is 16.2. The third kappa shape index (κ3) is 7.45. The van der Waals surface area contributed by atoms with Crippen LogP contribution in [0, 0.1) is 0 Å². The molecular formula is C50H43Cl4N3O8S. The molecule has 1 spiro atoms. The molecule has 11 nitrogen and oxygen atoms in total. The second-order valence-corrected chi connectivity index (χ2v) is 19.6. The fourth-order valence-electron chi connectivity index (χ4n) is 9.86. The van der Waals surface area contributed by atoms with Crippen LogP contribution in [0.4, 0.5) is 11.4 Å². The average Bonchev–Trinajstić information content (AvgIpc) is 3.89. The number of para-hydroxylation sites is 1. The quantitative estimate of drug-likeness (QED) is 0.0450. The summed E-state index contributed by atoms with van der Waals surface area (Å²) < 4.78 is 20.0. The molecular weight excluding hydrogens is 944 g/mol. The molecule has 5 heterocycles. The summed E-state index contributed by atoms with van der Waals surface area (Å²) >= 11 is 28.7. The number of anilines is 2. The Kier molecular flexibility index (Phi) is 12.1. The van der Waals surface area contributed by atoms with Gasteiger partial charge in [0.2, 0.25) is 5.91 Å². The van der Waals surface area contributed by atoms with E-state index in [0.29, 0.717) is 40.4 Å². The van der Waals surface area contributed by atoms with E-state index in [2.05, 4.69) is 29.3 Å². The van der Waals surface area contributed by atoms with Crippen LogP contribution in [0.15, 0.2) is 96.2 Å². The predicted molar refractivity (Wildman–Crippen MR) is 256 cm³/mol. The molecule has 10 rings (SSSR count). The zero-order chi connectivity index (χ0) is 46.0. The molecule has 0 bridgehead atoms. The summed E-state index contributed by atoms with van der Waals surface area (Å²) in [5.41, 5.74) is 4.70. The van der Waals surface area contributed by atoms with Crippen LogP contribution >= 0.6 is 58.2 Å². The lowest BCUT2D eigenvalue weighted by molar-refractivity contribution is -0.147. The number of hydrogen-bond acceptors (Lipinski definition) is 10. The molecule has 3 N–H and O–H groups in total. The topological polar surface area (TPSA) is 138 Å². The van der Waals surface area contributed by atoms with Gasteiger partial charge in [0, 0.05) is 58.1 Å². The molecule has 5 aliphatic rings. The number of halogens is 4. The molecule has 0 aliphatic carbocycles. The number of aryl methyl sites for hydroxylation is 1. The number of unbranched alkanes of at least 4 members (excludes halogenated alkanes) is 3. The van der Waals surface area contributed by atoms with E-state index in [1.165, 1.54) is 22.2 Å². The molecule has 0 radical (unpaired) electrons. The number of carboxylic acids is 1. The summed E-state index contributed by atoms with van der Waals surface area (Å²) in [5, 5.41) is 24.1. The monoisotopic (exact) mass is 985 g/mol. The predicted octanol–water partition coefficient (Wildman–Crippen LogP) is 10.8. The van der Waals surface area contributed by atoms with Crippen molar-refractivity contribution in [3.63, 3.8) is 0 Å². The van der Waals surface area contributed by atoms with Crippen LogP contribution < -0.4 is 19.7 Å². The van der Waals surface area contributed by atoms with Gasteiger partial charge >= 0.3 is 11.9 Å². The fraction of sp³-hybridized carbons (Fsp3) is 0.300. The van der Waals surface area contributed by atoms with Gasteiger partial charge in [0.1, 0.15) is 41.0 Å². The van der Waals surface area contributed by atoms with Gasteiger partial charge in [-0.15, -0.1) is 11.8 Å². The number of benzene rings is 5. The smallest absolute Gasteiger partial charge is 0.352 e. The van der Waals surface area contributed by atoms with Gasteiger partial charge in [-0.3, -0.25) is 4.79 Å². The Morgan fingerprint density at radius 3 is 2.45 bits per heavy atom. The summed E-state index contributed by atoms with van der Waals surface area (Å²) in [6.45, 7) is 2.76. The van der Waals surface area contributed by atoms with Crippen LogP contribution in [0.1, 0.15) is 76.3 Å². The molecule has 5 aromatic rings. The number of carbonyl (C=O) groups is 3. The van der Waals surface area contributed by atoms with Gasteiger partial charge in [-0.05, 0) is 60.2 Å². The zero-order valence-electron chi connectivity index (χ0n) is 35.5. The van der Waals surface area contributed by atoms with Crippen LogP contribution in [0.25, 0.3) is 0 Å². The first-order chi connectivity index (χ1) is 31.9. The van der Waals surface area contributed by atoms with Crippen molar-refractivity contribution in [1.29, 1.82) is 0 Å². The van der Waals surface area contributed by atoms with E-state index >= 15 is 0 Å². The van der Waals surface area contributed by atoms with E-state index in [0.717, 1.165) is 61.2 Å². The minimum Gasteiger partial charge on any atom is -0.489 e. The lowest BCUT2D eigenvalue weighted by atomic mass is 9.76. The summed E-state index contributed by atoms with van der Waals surface area (Å²) in [6.07, 6.45) is 4.08. The molecule has 0 aromatic heterocycles. The van der Waals surface area contributed by atoms with Gasteiger partial charge in [-0.25, -0.2) is 9.59 Å². The number of fused-ring (bicyclic) bond motifs is 8. The fourth-order valence-corrected chi connectivity index (χ4v) is 12.3. The Hall–Kier alpha value is -5.08. The number of thioether (sulfide) groups is 1. The Bertz CT molecular complexity index is 2860. The number of nitrogens with one attached hydrogen (secondary N) is 1. The molecule has 340 valence electrons. The first kappa shape index (κ1) is 44.7. The Morgan fingerprint density at radius 1 is 0.909 bits per heavy atom. The molecule has 4 atom stereocenters. The van der Waals surface area contributed by atoms with Crippen LogP contribution in [-0.2, 0) is 39.2 Å². The molecule has 1 fully saturated rings. The minimum absolute atomic E-state index is 0.00431. The third-order valence-electron chi connectivity index (χ3n) is 13.0. The standard InChI is InChI=1S/C50H43Cl4N3O8S/c1-2-3-4-8-14-28-21-32-36(23-34(28)63-24-29-25-66-47-44(46(59)57(47)45(29)48(60)61)55-37(58)20-26-11-6-5-7-12-26)64-35-22-30(56-19-18-27-13-9-10-15-33(27)56)16-17-31(35)50(32)39-38(49(62)65-50)40(51)42(53)43(54)41(39)52/h5-7,9-13,15-17,21-23,44,46-47,59H,2-4,8,14,18-20,24-25H2,1H3,(H,55,58)(H,60,61)/t44-,46?,47-,50?/m0/s1. The molecule has 0 saturated carbocycles. The number of amides is 1. The van der Waals surface area contributed by atoms with Crippen molar-refractivity contribution < 1.29 is 38.8 Å². The zero-order valence-corrected chi connectivity index (χ0v) is 39.4. The number of nitrogens with zero attached hydrogens (tertiary/aromatic N) is 2. The molecule has 2 unspecified atom stereocenters. The first-order valence-electron chi connectivity index (χ1n) is 21.9. The van der Waals surface area contributed by atoms with Crippen molar-refractivity contribution in [2.45, 2.75) is 75.1 Å². The minimum atomic E-state index is -1.67. The largest absolute Gasteiger partial charge is 0.489 e. The number of carboxylic acid groups (broad SMARTS) is 1. The van der Waals surface area contributed by atoms with Crippen molar-refractivity contribution in [2.75, 3.05) is 23.8 Å². The number of aliphatic hydroxyl groups is 1. The van der Waals surface area contributed by atoms with E-state index in [4.69, 9.17) is 60.6 Å². The van der Waals surface area contributed by atoms with Gasteiger partial charge < -0.3 is 39.5 Å². The van der Waals surface area contributed by atoms with Crippen LogP contribution in [0.3, 0.4) is 0 Å². The Balaban J connectivity index is 1.03. The van der Waals surface area contributed by atoms with Crippen LogP contribution in [0.2, 0.25) is 20.1 Å². The molecule has 1 saturated heterocycles. The van der Waals surface area contributed by atoms with Gasteiger partial charge in [0.15, 0.2) is 11.8 Å². The maximum atomic E-state index is 14.2. The highest BCUT2D eigenvalue weighted by Crippen LogP contribution is 2.62. The number of rotatable bonds is 13. The number of hydrogen-bond donors (Lipinski definition) is 3. The first-order valence-corrected chi connectivity index (χ1v) is 24.4. The maximum absolute atomic E-state index is 14.2. The highest BCUT2D eigenvalue weighted by atomic mass is 35.5. The lowest BCUT2D eigenvalue weighted by Crippen LogP contribution is -2.73. The van der Waals surface area contributed by atoms with E-state index < -0.39 is 35.2 Å². The maximum Gasteiger partial charge on any atom is 0.352 e. The van der Waals surface area contributed by atoms with Crippen molar-refractivity contribution >= 4 is 87.4 Å². The second-order valence-electron chi connectivity index (χ2n) is 17.0. The van der Waals surface area contributed by atoms with Crippen LogP contribution in [-0.4, -0.2) is 69.5 Å². The summed E-state index contributed by atoms with van der Waals surface area (Å²) in [7, 11) is 0. The van der Waals surface area contributed by atoms with Gasteiger partial charge in [0.05, 0.1) is 32.1 Å². The van der Waals surface area contributed by atoms with E-state index in [-0.39, 0.29) is 61.6 Å². The van der Waals surface area contributed by atoms with Gasteiger partial charge in [0.25, 0.3) is 0 Å². The SMILES string of the molecule is CCCCCCc1cc2c(cc1OCC1=C(C(=O)O)N3C(O)[C@H](NC(=O)Cc4ccccc4)[C@@H]3SC1)Oc1cc(N3CCc4ccccc43)ccc1C21OC(=O)c2c(Cl)c(Cl)c(Cl)c(Cl)c21. The summed E-state index contributed by atoms with van der Waals surface area (Å²) in [4.78, 5) is 43.7. The lowest BCUT2D eigenvalue weighted by Gasteiger charge is -2.55. The summed E-state index contributed by atoms with van der Waals surface area (Å²) in [5.74, 6) is -0.788. The Morgan fingerprint density at radius 2 is 1.67 bits per heavy atom. The van der Waals surface area contributed by atoms with Crippen LogP contribution in [0.5, 0.6) is 17.2 Å². The van der Waals surface area contributed by atoms with E-state index in [9.17, 15) is 24.6 Å². The highest BCUT2D eigenvalue weighted by Gasteiger charge is 2.57. The van der Waals surface area contributed by atoms with E-state index in [1.807, 2.05) is 66.7 Å². The Labute approximate surface area is 405 Å². The highest BCUT2D eigenvalue weighted by molar-refractivity contribution is 8.00. The number of ether oxygens (including phenoxy) is 3. The average molecular weight is 988 g/mol. The number of aliphatic hydroxyl groups excluding tert-OH is 1. The summed E-state index contributed by atoms with van der Waals surface area (Å²) in [6, 6.07) is 26.2. The molecule has 1 amide bonds. The number of esters is 1. The van der Waals surface area contributed by atoms with Gasteiger partial charge in [-0.2, -0.15) is 0 Å². The normalized spacial score (nSPS) is 21.0. The van der Waals surface area contributed by atoms with Gasteiger partial charge in [-0.1, -0.05) is 121 Å². The number of carbonyl (C=O) groups excluding carboxylic acids is 2. The van der Waals surface area contributed by atoms with Crippen molar-refractivity contribution in [3.05, 3.63) is 155 Å². The number of aliphatic carboxylic acids is 1. The molecule has 5 aromatic carbocycles. The van der Waals surface area contributed by atoms with Crippen molar-refractivity contribution in [3.8, 4) is 17.2 Å². The molecule has 16 heteroatoms. The second kappa shape index (κ2) is 17.9. The van der Waals surface area contributed by atoms with Crippen molar-refractivity contribution in [2.24, 2.45) is 0 Å². The molecule has 66 heavy (non-hydrogen) atoms.